The van der Waals surface area contributed by atoms with Crippen molar-refractivity contribution < 1.29 is 34.2 Å². The maximum absolute atomic E-state index is 12.5. The van der Waals surface area contributed by atoms with Crippen LogP contribution in [0, 0.1) is 0 Å². The summed E-state index contributed by atoms with van der Waals surface area (Å²) in [4.78, 5) is 59.8. The number of likely N-dealkylation sites (tertiary alicyclic amines) is 1. The summed E-state index contributed by atoms with van der Waals surface area (Å²) in [6, 6.07) is -2.53. The molecule has 150 valence electrons. The summed E-state index contributed by atoms with van der Waals surface area (Å²) in [5.74, 6) is -4.27. The van der Waals surface area contributed by atoms with Crippen LogP contribution in [0.5, 0.6) is 0 Å². The monoisotopic (exact) mass is 384 g/mol. The first-order chi connectivity index (χ1) is 12.8. The van der Waals surface area contributed by atoms with Crippen LogP contribution in [0.1, 0.15) is 32.1 Å². The fourth-order valence-corrected chi connectivity index (χ4v) is 3.30. The van der Waals surface area contributed by atoms with Gasteiger partial charge in [-0.05, 0) is 32.2 Å². The fraction of sp³-hybridized carbons (Fsp3) is 0.688. The number of rotatable bonds is 8. The zero-order valence-corrected chi connectivity index (χ0v) is 14.8. The highest BCUT2D eigenvalue weighted by molar-refractivity contribution is 5.93. The van der Waals surface area contributed by atoms with Gasteiger partial charge in [-0.2, -0.15) is 0 Å². The fourth-order valence-electron chi connectivity index (χ4n) is 3.30. The Bertz CT molecular complexity index is 618. The first-order valence-electron chi connectivity index (χ1n) is 8.85. The Morgan fingerprint density at radius 1 is 1.11 bits per heavy atom. The minimum absolute atomic E-state index is 0.123. The molecule has 0 aromatic heterocycles. The number of carboxylic acid groups (broad SMARTS) is 2. The Morgan fingerprint density at radius 2 is 1.85 bits per heavy atom. The second-order valence-corrected chi connectivity index (χ2v) is 6.61. The molecule has 0 aliphatic carbocycles. The number of nitrogens with zero attached hydrogens (tertiary/aromatic N) is 1. The van der Waals surface area contributed by atoms with Crippen LogP contribution >= 0.6 is 0 Å². The van der Waals surface area contributed by atoms with Crippen molar-refractivity contribution in [1.82, 2.24) is 20.9 Å². The van der Waals surface area contributed by atoms with E-state index in [9.17, 15) is 24.0 Å². The lowest BCUT2D eigenvalue weighted by Crippen LogP contribution is -2.53. The number of carbonyl (C=O) groups is 5. The summed E-state index contributed by atoms with van der Waals surface area (Å²) < 4.78 is 0. The average molecular weight is 384 g/mol. The van der Waals surface area contributed by atoms with Crippen LogP contribution in [0.3, 0.4) is 0 Å². The number of carboxylic acids is 2. The quantitative estimate of drug-likeness (QED) is 0.317. The van der Waals surface area contributed by atoms with E-state index in [2.05, 4.69) is 10.6 Å². The normalized spacial score (nSPS) is 22.9. The molecule has 0 saturated carbocycles. The minimum atomic E-state index is -1.58. The molecule has 0 radical (unpaired) electrons. The van der Waals surface area contributed by atoms with Crippen molar-refractivity contribution in [3.8, 4) is 0 Å². The first-order valence-corrected chi connectivity index (χ1v) is 8.85. The van der Waals surface area contributed by atoms with Crippen LogP contribution < -0.4 is 16.0 Å². The Morgan fingerprint density at radius 3 is 2.44 bits per heavy atom. The molecule has 0 spiro atoms. The highest BCUT2D eigenvalue weighted by Crippen LogP contribution is 2.20. The number of aliphatic carboxylic acids is 2. The zero-order valence-electron chi connectivity index (χ0n) is 14.8. The van der Waals surface area contributed by atoms with Gasteiger partial charge in [0.2, 0.25) is 17.7 Å². The van der Waals surface area contributed by atoms with Gasteiger partial charge in [0.1, 0.15) is 12.1 Å². The van der Waals surface area contributed by atoms with E-state index >= 15 is 0 Å². The van der Waals surface area contributed by atoms with E-state index in [1.54, 1.807) is 0 Å². The van der Waals surface area contributed by atoms with Crippen molar-refractivity contribution in [2.45, 2.75) is 50.2 Å². The first kappa shape index (κ1) is 20.6. The molecule has 11 heteroatoms. The second kappa shape index (κ2) is 9.31. The van der Waals surface area contributed by atoms with Crippen LogP contribution in [0.15, 0.2) is 0 Å². The van der Waals surface area contributed by atoms with Crippen LogP contribution in [-0.2, 0) is 24.0 Å². The Hall–Kier alpha value is -2.69. The average Bonchev–Trinajstić information content (AvgIpc) is 3.29. The largest absolute Gasteiger partial charge is 0.481 e. The lowest BCUT2D eigenvalue weighted by Gasteiger charge is -2.26. The molecule has 5 N–H and O–H groups in total. The Labute approximate surface area is 155 Å². The predicted octanol–water partition coefficient (Wildman–Crippen LogP) is -2.11. The smallest absolute Gasteiger partial charge is 0.326 e. The lowest BCUT2D eigenvalue weighted by atomic mass is 10.1. The van der Waals surface area contributed by atoms with Gasteiger partial charge in [-0.15, -0.1) is 0 Å². The standard InChI is InChI=1S/C16H24N4O7/c21-12(19-10(16(26)27)7-13(22)23)8-18-14(24)11-4-2-6-20(11)15(25)9-3-1-5-17-9/h9-11,17H,1-8H2,(H,18,24)(H,19,21)(H,22,23)(H,26,27). The number of hydrogen-bond acceptors (Lipinski definition) is 6. The van der Waals surface area contributed by atoms with Crippen molar-refractivity contribution in [3.05, 3.63) is 0 Å². The third-order valence-electron chi connectivity index (χ3n) is 4.63. The minimum Gasteiger partial charge on any atom is -0.481 e. The molecule has 0 bridgehead atoms. The van der Waals surface area contributed by atoms with Crippen molar-refractivity contribution >= 4 is 29.7 Å². The molecular weight excluding hydrogens is 360 g/mol. The van der Waals surface area contributed by atoms with E-state index in [4.69, 9.17) is 10.2 Å². The van der Waals surface area contributed by atoms with Crippen molar-refractivity contribution in [2.24, 2.45) is 0 Å². The predicted molar refractivity (Wildman–Crippen MR) is 90.6 cm³/mol. The van der Waals surface area contributed by atoms with Crippen LogP contribution in [0.4, 0.5) is 0 Å². The van der Waals surface area contributed by atoms with E-state index in [1.807, 2.05) is 5.32 Å². The molecule has 27 heavy (non-hydrogen) atoms. The maximum Gasteiger partial charge on any atom is 0.326 e. The molecule has 3 amide bonds. The van der Waals surface area contributed by atoms with E-state index in [0.717, 1.165) is 19.4 Å². The molecule has 2 fully saturated rings. The van der Waals surface area contributed by atoms with Gasteiger partial charge in [0, 0.05) is 6.54 Å². The van der Waals surface area contributed by atoms with Crippen LogP contribution in [0.2, 0.25) is 0 Å². The van der Waals surface area contributed by atoms with Crippen molar-refractivity contribution in [2.75, 3.05) is 19.6 Å². The van der Waals surface area contributed by atoms with Gasteiger partial charge in [-0.3, -0.25) is 19.2 Å². The molecule has 2 aliphatic rings. The van der Waals surface area contributed by atoms with Gasteiger partial charge >= 0.3 is 11.9 Å². The molecule has 2 aliphatic heterocycles. The van der Waals surface area contributed by atoms with Crippen LogP contribution in [-0.4, -0.2) is 82.5 Å². The van der Waals surface area contributed by atoms with Crippen molar-refractivity contribution in [3.63, 3.8) is 0 Å². The van der Waals surface area contributed by atoms with E-state index in [0.29, 0.717) is 19.4 Å². The third-order valence-corrected chi connectivity index (χ3v) is 4.63. The molecule has 11 nitrogen and oxygen atoms in total. The third kappa shape index (κ3) is 5.64. The molecule has 3 atom stereocenters. The lowest BCUT2D eigenvalue weighted by molar-refractivity contribution is -0.147. The zero-order chi connectivity index (χ0) is 20.0. The maximum atomic E-state index is 12.5. The molecule has 2 heterocycles. The summed E-state index contributed by atoms with van der Waals surface area (Å²) in [7, 11) is 0. The van der Waals surface area contributed by atoms with Gasteiger partial charge in [0.15, 0.2) is 0 Å². The van der Waals surface area contributed by atoms with Gasteiger partial charge in [-0.25, -0.2) is 4.79 Å². The highest BCUT2D eigenvalue weighted by atomic mass is 16.4. The Balaban J connectivity index is 1.84. The van der Waals surface area contributed by atoms with Crippen LogP contribution in [0.25, 0.3) is 0 Å². The number of hydrogen-bond donors (Lipinski definition) is 5. The SMILES string of the molecule is O=C(O)CC(NC(=O)CNC(=O)C1CCCN1C(=O)C1CCCN1)C(=O)O. The molecular formula is C16H24N4O7. The molecule has 2 saturated heterocycles. The van der Waals surface area contributed by atoms with Gasteiger partial charge in [-0.1, -0.05) is 0 Å². The number of amides is 3. The topological polar surface area (TPSA) is 165 Å². The van der Waals surface area contributed by atoms with Gasteiger partial charge in [0.05, 0.1) is 19.0 Å². The molecule has 2 rings (SSSR count). The molecule has 0 aromatic carbocycles. The summed E-state index contributed by atoms with van der Waals surface area (Å²) >= 11 is 0. The van der Waals surface area contributed by atoms with Gasteiger partial charge < -0.3 is 31.1 Å². The summed E-state index contributed by atoms with van der Waals surface area (Å²) in [5, 5.41) is 25.1. The molecule has 0 aromatic rings. The van der Waals surface area contributed by atoms with E-state index in [1.165, 1.54) is 4.90 Å². The summed E-state index contributed by atoms with van der Waals surface area (Å²) in [5.41, 5.74) is 0. The van der Waals surface area contributed by atoms with E-state index < -0.39 is 48.8 Å². The number of carbonyl (C=O) groups excluding carboxylic acids is 3. The summed E-state index contributed by atoms with van der Waals surface area (Å²) in [6.07, 6.45) is 2.04. The second-order valence-electron chi connectivity index (χ2n) is 6.61. The summed E-state index contributed by atoms with van der Waals surface area (Å²) in [6.45, 7) is 0.742. The number of nitrogens with one attached hydrogen (secondary N) is 3. The highest BCUT2D eigenvalue weighted by Gasteiger charge is 2.37. The van der Waals surface area contributed by atoms with Crippen molar-refractivity contribution in [1.29, 1.82) is 0 Å². The molecule has 3 unspecified atom stereocenters. The van der Waals surface area contributed by atoms with Gasteiger partial charge in [0.25, 0.3) is 0 Å². The Kier molecular flexibility index (Phi) is 7.11. The van der Waals surface area contributed by atoms with E-state index in [-0.39, 0.29) is 11.9 Å².